The summed E-state index contributed by atoms with van der Waals surface area (Å²) in [5, 5.41) is 21.0. The highest BCUT2D eigenvalue weighted by Crippen LogP contribution is 2.29. The van der Waals surface area contributed by atoms with Gasteiger partial charge in [0.25, 0.3) is 0 Å². The summed E-state index contributed by atoms with van der Waals surface area (Å²) in [6.07, 6.45) is 0.224. The molecule has 1 fully saturated rings. The number of anilines is 2. The Morgan fingerprint density at radius 3 is 2.39 bits per heavy atom. The number of alkyl halides is 3. The fraction of sp³-hybridized carbons (Fsp3) is 0.385. The number of para-hydroxylation sites is 1. The minimum absolute atomic E-state index is 0.0498. The van der Waals surface area contributed by atoms with Gasteiger partial charge >= 0.3 is 12.0 Å². The van der Waals surface area contributed by atoms with E-state index in [4.69, 9.17) is 0 Å². The number of nitrogens with zero attached hydrogens (tertiary/aromatic N) is 3. The first-order valence-corrected chi connectivity index (χ1v) is 12.4. The molecular weight excluding hydrogens is 501 g/mol. The van der Waals surface area contributed by atoms with Gasteiger partial charge in [-0.15, -0.1) is 13.2 Å². The molecule has 0 saturated heterocycles. The predicted octanol–water partition coefficient (Wildman–Crippen LogP) is 5.66. The Morgan fingerprint density at radius 2 is 1.68 bits per heavy atom. The van der Waals surface area contributed by atoms with E-state index in [1.165, 1.54) is 23.8 Å². The van der Waals surface area contributed by atoms with E-state index in [-0.39, 0.29) is 35.3 Å². The van der Waals surface area contributed by atoms with E-state index in [1.54, 1.807) is 6.07 Å². The Labute approximate surface area is 218 Å². The molecule has 0 spiro atoms. The molecule has 12 heteroatoms. The number of rotatable bonds is 11. The zero-order chi connectivity index (χ0) is 27.0. The van der Waals surface area contributed by atoms with Crippen LogP contribution in [0.15, 0.2) is 60.8 Å². The van der Waals surface area contributed by atoms with E-state index < -0.39 is 11.3 Å². The lowest BCUT2D eigenvalue weighted by molar-refractivity contribution is -0.384. The van der Waals surface area contributed by atoms with Crippen molar-refractivity contribution >= 4 is 17.5 Å². The van der Waals surface area contributed by atoms with E-state index in [1.807, 2.05) is 18.2 Å². The molecule has 3 N–H and O–H groups in total. The van der Waals surface area contributed by atoms with E-state index in [0.717, 1.165) is 38.4 Å². The van der Waals surface area contributed by atoms with Crippen LogP contribution in [0.5, 0.6) is 5.75 Å². The summed E-state index contributed by atoms with van der Waals surface area (Å²) >= 11 is 0. The number of halogens is 3. The highest BCUT2D eigenvalue weighted by atomic mass is 19.4. The van der Waals surface area contributed by atoms with Crippen LogP contribution in [0.1, 0.15) is 36.8 Å². The van der Waals surface area contributed by atoms with E-state index in [0.29, 0.717) is 18.5 Å². The number of ether oxygens (including phenoxy) is 1. The van der Waals surface area contributed by atoms with Crippen molar-refractivity contribution in [2.45, 2.75) is 51.2 Å². The first kappa shape index (κ1) is 27.1. The normalized spacial score (nSPS) is 17.6. The number of nitro groups is 1. The predicted molar refractivity (Wildman–Crippen MR) is 137 cm³/mol. The molecule has 0 aliphatic heterocycles. The summed E-state index contributed by atoms with van der Waals surface area (Å²) < 4.78 is 42.1. The molecule has 0 bridgehead atoms. The highest BCUT2D eigenvalue weighted by molar-refractivity contribution is 5.57. The summed E-state index contributed by atoms with van der Waals surface area (Å²) in [4.78, 5) is 19.1. The molecule has 0 unspecified atom stereocenters. The second-order valence-electron chi connectivity index (χ2n) is 9.16. The van der Waals surface area contributed by atoms with Crippen LogP contribution in [0.4, 0.5) is 30.6 Å². The second kappa shape index (κ2) is 12.5. The summed E-state index contributed by atoms with van der Waals surface area (Å²) in [5.74, 6) is 0.106. The third kappa shape index (κ3) is 8.04. The van der Waals surface area contributed by atoms with Gasteiger partial charge in [-0.3, -0.25) is 10.1 Å². The van der Waals surface area contributed by atoms with Crippen molar-refractivity contribution in [2.75, 3.05) is 17.2 Å². The topological polar surface area (TPSA) is 114 Å². The molecule has 9 nitrogen and oxygen atoms in total. The lowest BCUT2D eigenvalue weighted by Gasteiger charge is -2.29. The molecule has 0 radical (unpaired) electrons. The van der Waals surface area contributed by atoms with Crippen LogP contribution < -0.4 is 20.7 Å². The zero-order valence-corrected chi connectivity index (χ0v) is 20.6. The maximum atomic E-state index is 12.7. The van der Waals surface area contributed by atoms with Gasteiger partial charge in [-0.05, 0) is 43.2 Å². The molecule has 1 aromatic heterocycles. The Balaban J connectivity index is 1.31. The molecule has 0 amide bonds. The van der Waals surface area contributed by atoms with Crippen LogP contribution >= 0.6 is 0 Å². The van der Waals surface area contributed by atoms with Gasteiger partial charge < -0.3 is 20.7 Å². The van der Waals surface area contributed by atoms with Crippen LogP contribution in [0, 0.1) is 16.0 Å². The van der Waals surface area contributed by atoms with Gasteiger partial charge in [0.15, 0.2) is 0 Å². The largest absolute Gasteiger partial charge is 0.573 e. The monoisotopic (exact) mass is 530 g/mol. The molecule has 4 rings (SSSR count). The van der Waals surface area contributed by atoms with Crippen LogP contribution in [0.3, 0.4) is 0 Å². The van der Waals surface area contributed by atoms with Crippen molar-refractivity contribution in [3.63, 3.8) is 0 Å². The van der Waals surface area contributed by atoms with Crippen molar-refractivity contribution in [3.05, 3.63) is 82.0 Å². The molecule has 1 saturated carbocycles. The molecule has 1 aliphatic carbocycles. The van der Waals surface area contributed by atoms with Gasteiger partial charge in [0.2, 0.25) is 11.8 Å². The maximum absolute atomic E-state index is 12.7. The van der Waals surface area contributed by atoms with Gasteiger partial charge in [0.05, 0.1) is 4.92 Å². The molecule has 38 heavy (non-hydrogen) atoms. The fourth-order valence-electron chi connectivity index (χ4n) is 4.44. The van der Waals surface area contributed by atoms with Gasteiger partial charge in [-0.25, -0.2) is 4.98 Å². The average Bonchev–Trinajstić information content (AvgIpc) is 2.90. The quantitative estimate of drug-likeness (QED) is 0.215. The first-order chi connectivity index (χ1) is 18.3. The van der Waals surface area contributed by atoms with Crippen LogP contribution in [-0.2, 0) is 13.1 Å². The van der Waals surface area contributed by atoms with Crippen molar-refractivity contribution in [1.29, 1.82) is 0 Å². The Morgan fingerprint density at radius 1 is 0.974 bits per heavy atom. The fourth-order valence-corrected chi connectivity index (χ4v) is 4.44. The molecular formula is C26H29F3N6O3. The van der Waals surface area contributed by atoms with Crippen LogP contribution in [0.25, 0.3) is 0 Å². The summed E-state index contributed by atoms with van der Waals surface area (Å²) in [5.41, 5.74) is 1.21. The number of hydrogen-bond acceptors (Lipinski definition) is 8. The van der Waals surface area contributed by atoms with Crippen molar-refractivity contribution in [3.8, 4) is 5.75 Å². The lowest BCUT2D eigenvalue weighted by atomic mass is 9.86. The highest BCUT2D eigenvalue weighted by Gasteiger charge is 2.32. The van der Waals surface area contributed by atoms with Gasteiger partial charge in [0.1, 0.15) is 11.9 Å². The number of nitrogens with one attached hydrogen (secondary N) is 3. The maximum Gasteiger partial charge on any atom is 0.573 e. The average molecular weight is 531 g/mol. The molecule has 0 atom stereocenters. The van der Waals surface area contributed by atoms with Crippen LogP contribution in [0.2, 0.25) is 0 Å². The molecule has 2 aromatic carbocycles. The van der Waals surface area contributed by atoms with Crippen molar-refractivity contribution in [1.82, 2.24) is 15.3 Å². The lowest BCUT2D eigenvalue weighted by Crippen LogP contribution is -2.34. The Bertz CT molecular complexity index is 1200. The van der Waals surface area contributed by atoms with E-state index in [2.05, 4.69) is 42.8 Å². The van der Waals surface area contributed by atoms with Gasteiger partial charge in [0, 0.05) is 31.2 Å². The van der Waals surface area contributed by atoms with Gasteiger partial charge in [-0.1, -0.05) is 48.5 Å². The third-order valence-electron chi connectivity index (χ3n) is 6.44. The number of aromatic nitrogens is 2. The minimum atomic E-state index is -4.83. The van der Waals surface area contributed by atoms with Crippen LogP contribution in [-0.4, -0.2) is 33.8 Å². The molecule has 3 aromatic rings. The molecule has 1 heterocycles. The Hall–Kier alpha value is -3.93. The standard InChI is InChI=1S/C26H29F3N6O3/c27-26(28,29)38-23-9-5-4-8-20(23)16-32-25-33-17-22(35(36)37)24(34-25)31-15-19-10-12-21(13-11-19)30-14-18-6-2-1-3-7-18/h1-9,17,19,21,30H,10-16H2,(H2,31,32,33,34)/t19-,21-. The Kier molecular flexibility index (Phi) is 8.95. The summed E-state index contributed by atoms with van der Waals surface area (Å²) in [7, 11) is 0. The van der Waals surface area contributed by atoms with Crippen molar-refractivity contribution < 1.29 is 22.8 Å². The number of benzene rings is 2. The smallest absolute Gasteiger partial charge is 0.405 e. The third-order valence-corrected chi connectivity index (χ3v) is 6.44. The van der Waals surface area contributed by atoms with E-state index in [9.17, 15) is 23.3 Å². The van der Waals surface area contributed by atoms with E-state index >= 15 is 0 Å². The number of hydrogen-bond donors (Lipinski definition) is 3. The summed E-state index contributed by atoms with van der Waals surface area (Å²) in [6.45, 7) is 1.28. The SMILES string of the molecule is O=[N+]([O-])c1cnc(NCc2ccccc2OC(F)(F)F)nc1NC[C@H]1CC[C@H](NCc2ccccc2)CC1. The van der Waals surface area contributed by atoms with Crippen molar-refractivity contribution in [2.24, 2.45) is 5.92 Å². The first-order valence-electron chi connectivity index (χ1n) is 12.4. The minimum Gasteiger partial charge on any atom is -0.405 e. The second-order valence-corrected chi connectivity index (χ2v) is 9.16. The molecule has 1 aliphatic rings. The van der Waals surface area contributed by atoms with Gasteiger partial charge in [-0.2, -0.15) is 4.98 Å². The summed E-state index contributed by atoms with van der Waals surface area (Å²) in [6, 6.07) is 16.4. The zero-order valence-electron chi connectivity index (χ0n) is 20.6. The molecule has 202 valence electrons.